The topological polar surface area (TPSA) is 86.8 Å². The predicted octanol–water partition coefficient (Wildman–Crippen LogP) is 4.45. The van der Waals surface area contributed by atoms with Gasteiger partial charge in [0.25, 0.3) is 5.91 Å². The van der Waals surface area contributed by atoms with E-state index in [9.17, 15) is 9.59 Å². The summed E-state index contributed by atoms with van der Waals surface area (Å²) in [5.41, 5.74) is 3.09. The Labute approximate surface area is 205 Å². The largest absolute Gasteiger partial charge is 0.497 e. The average molecular weight is 473 g/mol. The summed E-state index contributed by atoms with van der Waals surface area (Å²) >= 11 is 0. The van der Waals surface area contributed by atoms with Gasteiger partial charge in [0.2, 0.25) is 0 Å². The van der Waals surface area contributed by atoms with E-state index in [1.165, 1.54) is 7.11 Å². The number of allylic oxidation sites excluding steroid dienone is 1. The van der Waals surface area contributed by atoms with E-state index in [1.807, 2.05) is 36.4 Å². The zero-order chi connectivity index (χ0) is 25.2. The number of nitrogens with one attached hydrogen (secondary N) is 1. The molecule has 0 aliphatic carbocycles. The lowest BCUT2D eigenvalue weighted by atomic mass is 9.93. The molecule has 3 aromatic rings. The van der Waals surface area contributed by atoms with Crippen LogP contribution in [0.15, 0.2) is 84.2 Å². The second kappa shape index (κ2) is 12.2. The Kier molecular flexibility index (Phi) is 8.78. The minimum Gasteiger partial charge on any atom is -0.497 e. The van der Waals surface area contributed by atoms with E-state index in [1.54, 1.807) is 63.9 Å². The summed E-state index contributed by atoms with van der Waals surface area (Å²) in [6.07, 6.45) is 5.01. The number of esters is 1. The summed E-state index contributed by atoms with van der Waals surface area (Å²) in [6, 6.07) is 18.2. The van der Waals surface area contributed by atoms with Gasteiger partial charge in [-0.05, 0) is 53.5 Å². The predicted molar refractivity (Wildman–Crippen MR) is 135 cm³/mol. The molecule has 1 heterocycles. The monoisotopic (exact) mass is 472 g/mol. The molecule has 0 saturated carbocycles. The molecule has 35 heavy (non-hydrogen) atoms. The van der Waals surface area contributed by atoms with Crippen LogP contribution in [0.4, 0.5) is 0 Å². The SMILES string of the molecule is COC(=O)C(=C(/C)c1cc(OC)cc(OC)c1)/C(=C\c1ccccc1)C(=O)NCc1cccnc1. The van der Waals surface area contributed by atoms with Crippen molar-refractivity contribution in [3.63, 3.8) is 0 Å². The van der Waals surface area contributed by atoms with E-state index in [0.29, 0.717) is 22.6 Å². The third kappa shape index (κ3) is 6.57. The van der Waals surface area contributed by atoms with Crippen LogP contribution < -0.4 is 14.8 Å². The van der Waals surface area contributed by atoms with Gasteiger partial charge in [-0.2, -0.15) is 0 Å². The number of rotatable bonds is 9. The zero-order valence-corrected chi connectivity index (χ0v) is 20.2. The molecule has 0 aliphatic heterocycles. The molecule has 1 amide bonds. The number of hydrogen-bond donors (Lipinski definition) is 1. The van der Waals surface area contributed by atoms with Gasteiger partial charge in [-0.25, -0.2) is 4.79 Å². The van der Waals surface area contributed by atoms with Crippen molar-refractivity contribution >= 4 is 23.5 Å². The van der Waals surface area contributed by atoms with Crippen LogP contribution >= 0.6 is 0 Å². The Balaban J connectivity index is 2.15. The molecule has 0 bridgehead atoms. The molecule has 0 atom stereocenters. The standard InChI is InChI=1S/C28H28N2O5/c1-19(22-14-23(33-2)16-24(15-22)34-3)26(28(32)35-4)25(13-20-9-6-5-7-10-20)27(31)30-18-21-11-8-12-29-17-21/h5-17H,18H2,1-4H3,(H,30,31)/b25-13+,26-19-. The van der Waals surface area contributed by atoms with Crippen molar-refractivity contribution in [2.24, 2.45) is 0 Å². The Morgan fingerprint density at radius 3 is 2.20 bits per heavy atom. The highest BCUT2D eigenvalue weighted by Gasteiger charge is 2.25. The molecule has 1 aromatic heterocycles. The van der Waals surface area contributed by atoms with Gasteiger partial charge in [0.1, 0.15) is 11.5 Å². The van der Waals surface area contributed by atoms with Crippen molar-refractivity contribution in [1.29, 1.82) is 0 Å². The molecular weight excluding hydrogens is 444 g/mol. The minimum atomic E-state index is -0.636. The molecule has 0 radical (unpaired) electrons. The fourth-order valence-electron chi connectivity index (χ4n) is 3.48. The number of benzene rings is 2. The number of amides is 1. The van der Waals surface area contributed by atoms with E-state index in [2.05, 4.69) is 10.3 Å². The highest BCUT2D eigenvalue weighted by molar-refractivity contribution is 6.16. The van der Waals surface area contributed by atoms with Crippen molar-refractivity contribution in [3.05, 3.63) is 101 Å². The van der Waals surface area contributed by atoms with Crippen LogP contribution in [0.25, 0.3) is 11.6 Å². The molecule has 2 aromatic carbocycles. The van der Waals surface area contributed by atoms with Crippen molar-refractivity contribution in [2.75, 3.05) is 21.3 Å². The molecule has 1 N–H and O–H groups in total. The molecule has 0 spiro atoms. The minimum absolute atomic E-state index is 0.135. The molecule has 0 saturated heterocycles. The van der Waals surface area contributed by atoms with Crippen molar-refractivity contribution in [3.8, 4) is 11.5 Å². The van der Waals surface area contributed by atoms with Crippen LogP contribution in [0.5, 0.6) is 11.5 Å². The first kappa shape index (κ1) is 25.2. The Morgan fingerprint density at radius 2 is 1.63 bits per heavy atom. The van der Waals surface area contributed by atoms with E-state index >= 15 is 0 Å². The third-order valence-corrected chi connectivity index (χ3v) is 5.35. The van der Waals surface area contributed by atoms with E-state index in [0.717, 1.165) is 11.1 Å². The highest BCUT2D eigenvalue weighted by atomic mass is 16.5. The number of hydrogen-bond acceptors (Lipinski definition) is 6. The second-order valence-corrected chi connectivity index (χ2v) is 7.61. The lowest BCUT2D eigenvalue weighted by Crippen LogP contribution is -2.27. The van der Waals surface area contributed by atoms with Crippen LogP contribution in [0.3, 0.4) is 0 Å². The van der Waals surface area contributed by atoms with Gasteiger partial charge in [0.05, 0.1) is 32.5 Å². The molecule has 180 valence electrons. The number of carbonyl (C=O) groups is 2. The summed E-state index contributed by atoms with van der Waals surface area (Å²) in [4.78, 5) is 30.6. The van der Waals surface area contributed by atoms with E-state index in [-0.39, 0.29) is 17.7 Å². The van der Waals surface area contributed by atoms with Crippen LogP contribution in [-0.4, -0.2) is 38.2 Å². The van der Waals surface area contributed by atoms with Crippen LogP contribution in [0.1, 0.15) is 23.6 Å². The maximum absolute atomic E-state index is 13.5. The van der Waals surface area contributed by atoms with Gasteiger partial charge in [0, 0.05) is 25.0 Å². The van der Waals surface area contributed by atoms with Crippen LogP contribution in [-0.2, 0) is 20.9 Å². The molecular formula is C28H28N2O5. The van der Waals surface area contributed by atoms with Crippen LogP contribution in [0, 0.1) is 0 Å². The molecule has 7 nitrogen and oxygen atoms in total. The maximum Gasteiger partial charge on any atom is 0.338 e. The fraction of sp³-hybridized carbons (Fsp3) is 0.179. The molecule has 0 unspecified atom stereocenters. The van der Waals surface area contributed by atoms with Crippen molar-refractivity contribution in [2.45, 2.75) is 13.5 Å². The lowest BCUT2D eigenvalue weighted by molar-refractivity contribution is -0.136. The van der Waals surface area contributed by atoms with Gasteiger partial charge in [-0.15, -0.1) is 0 Å². The second-order valence-electron chi connectivity index (χ2n) is 7.61. The zero-order valence-electron chi connectivity index (χ0n) is 20.2. The van der Waals surface area contributed by atoms with Gasteiger partial charge in [0.15, 0.2) is 0 Å². The summed E-state index contributed by atoms with van der Waals surface area (Å²) in [7, 11) is 4.38. The number of aromatic nitrogens is 1. The number of ether oxygens (including phenoxy) is 3. The lowest BCUT2D eigenvalue weighted by Gasteiger charge is -2.16. The summed E-state index contributed by atoms with van der Waals surface area (Å²) in [6.45, 7) is 2.01. The summed E-state index contributed by atoms with van der Waals surface area (Å²) in [5, 5.41) is 2.89. The first-order valence-electron chi connectivity index (χ1n) is 10.9. The van der Waals surface area contributed by atoms with E-state index in [4.69, 9.17) is 14.2 Å². The normalized spacial score (nSPS) is 11.8. The first-order valence-corrected chi connectivity index (χ1v) is 10.9. The fourth-order valence-corrected chi connectivity index (χ4v) is 3.48. The number of nitrogens with zero attached hydrogens (tertiary/aromatic N) is 1. The summed E-state index contributed by atoms with van der Waals surface area (Å²) in [5.74, 6) is 0.0466. The Bertz CT molecular complexity index is 1210. The summed E-state index contributed by atoms with van der Waals surface area (Å²) < 4.78 is 15.9. The molecule has 7 heteroatoms. The average Bonchev–Trinajstić information content (AvgIpc) is 2.91. The Hall–Kier alpha value is -4.39. The molecule has 0 fully saturated rings. The van der Waals surface area contributed by atoms with Crippen LogP contribution in [0.2, 0.25) is 0 Å². The maximum atomic E-state index is 13.5. The number of carbonyl (C=O) groups excluding carboxylic acids is 2. The number of methoxy groups -OCH3 is 3. The molecule has 3 rings (SSSR count). The molecule has 0 aliphatic rings. The van der Waals surface area contributed by atoms with Gasteiger partial charge < -0.3 is 19.5 Å². The Morgan fingerprint density at radius 1 is 0.943 bits per heavy atom. The highest BCUT2D eigenvalue weighted by Crippen LogP contribution is 2.32. The number of pyridine rings is 1. The quantitative estimate of drug-likeness (QED) is 0.281. The van der Waals surface area contributed by atoms with Crippen molar-refractivity contribution in [1.82, 2.24) is 10.3 Å². The van der Waals surface area contributed by atoms with E-state index < -0.39 is 11.9 Å². The first-order chi connectivity index (χ1) is 17.0. The third-order valence-electron chi connectivity index (χ3n) is 5.35. The van der Waals surface area contributed by atoms with Gasteiger partial charge in [-0.3, -0.25) is 9.78 Å². The van der Waals surface area contributed by atoms with Gasteiger partial charge >= 0.3 is 5.97 Å². The van der Waals surface area contributed by atoms with Gasteiger partial charge in [-0.1, -0.05) is 36.4 Å². The van der Waals surface area contributed by atoms with Crippen molar-refractivity contribution < 1.29 is 23.8 Å². The smallest absolute Gasteiger partial charge is 0.338 e.